The number of aromatic nitrogens is 1. The number of carbonyl (C=O) groups excluding carboxylic acids is 1. The summed E-state index contributed by atoms with van der Waals surface area (Å²) in [5, 5.41) is 2.70. The Bertz CT molecular complexity index is 842. The number of pyridine rings is 1. The van der Waals surface area contributed by atoms with Crippen molar-refractivity contribution in [3.8, 4) is 0 Å². The van der Waals surface area contributed by atoms with E-state index < -0.39 is 23.2 Å². The van der Waals surface area contributed by atoms with Gasteiger partial charge in [-0.3, -0.25) is 9.59 Å². The number of hydrogen-bond donors (Lipinski definition) is 2. The van der Waals surface area contributed by atoms with E-state index in [1.807, 2.05) is 0 Å². The highest BCUT2D eigenvalue weighted by atomic mass is 19.4. The van der Waals surface area contributed by atoms with Crippen LogP contribution in [0.5, 0.6) is 0 Å². The summed E-state index contributed by atoms with van der Waals surface area (Å²) in [7, 11) is 0. The third-order valence-corrected chi connectivity index (χ3v) is 4.05. The SMILES string of the molecule is Cc1ccc(C(=O)N[C@@H]2C[C@H]2c2cccc(C(F)(F)F)c2)c(=O)[nH]1. The van der Waals surface area contributed by atoms with E-state index in [2.05, 4.69) is 10.3 Å². The highest BCUT2D eigenvalue weighted by molar-refractivity contribution is 5.94. The zero-order chi connectivity index (χ0) is 17.5. The van der Waals surface area contributed by atoms with Gasteiger partial charge in [-0.25, -0.2) is 0 Å². The van der Waals surface area contributed by atoms with Crippen molar-refractivity contribution in [2.75, 3.05) is 0 Å². The Kier molecular flexibility index (Phi) is 3.95. The van der Waals surface area contributed by atoms with Crippen molar-refractivity contribution in [2.45, 2.75) is 31.5 Å². The molecule has 0 saturated heterocycles. The molecule has 2 atom stereocenters. The predicted octanol–water partition coefficient (Wildman–Crippen LogP) is 2.99. The fourth-order valence-corrected chi connectivity index (χ4v) is 2.67. The molecule has 126 valence electrons. The van der Waals surface area contributed by atoms with Crippen molar-refractivity contribution < 1.29 is 18.0 Å². The zero-order valence-corrected chi connectivity index (χ0v) is 12.8. The third-order valence-electron chi connectivity index (χ3n) is 4.05. The lowest BCUT2D eigenvalue weighted by Crippen LogP contribution is -2.31. The number of aryl methyl sites for hydroxylation is 1. The number of H-pyrrole nitrogens is 1. The van der Waals surface area contributed by atoms with Gasteiger partial charge in [0.1, 0.15) is 5.56 Å². The van der Waals surface area contributed by atoms with E-state index in [-0.39, 0.29) is 17.5 Å². The molecule has 1 amide bonds. The van der Waals surface area contributed by atoms with Crippen LogP contribution in [-0.2, 0) is 6.18 Å². The van der Waals surface area contributed by atoms with Gasteiger partial charge in [-0.15, -0.1) is 0 Å². The second-order valence-corrected chi connectivity index (χ2v) is 5.93. The first-order valence-electron chi connectivity index (χ1n) is 7.43. The molecule has 4 nitrogen and oxygen atoms in total. The van der Waals surface area contributed by atoms with Gasteiger partial charge >= 0.3 is 6.18 Å². The van der Waals surface area contributed by atoms with E-state index in [0.29, 0.717) is 17.7 Å². The molecule has 1 aromatic heterocycles. The number of nitrogens with one attached hydrogen (secondary N) is 2. The molecule has 0 aliphatic heterocycles. The highest BCUT2D eigenvalue weighted by Gasteiger charge is 2.41. The number of benzene rings is 1. The van der Waals surface area contributed by atoms with Gasteiger partial charge in [0, 0.05) is 17.7 Å². The third kappa shape index (κ3) is 3.34. The monoisotopic (exact) mass is 336 g/mol. The number of aromatic amines is 1. The van der Waals surface area contributed by atoms with Gasteiger partial charge in [-0.2, -0.15) is 13.2 Å². The van der Waals surface area contributed by atoms with Crippen LogP contribution in [0.2, 0.25) is 0 Å². The molecule has 2 N–H and O–H groups in total. The zero-order valence-electron chi connectivity index (χ0n) is 12.8. The Labute approximate surface area is 135 Å². The largest absolute Gasteiger partial charge is 0.416 e. The second kappa shape index (κ2) is 5.81. The van der Waals surface area contributed by atoms with Crippen LogP contribution in [0.3, 0.4) is 0 Å². The number of hydrogen-bond acceptors (Lipinski definition) is 2. The molecule has 3 rings (SSSR count). The highest BCUT2D eigenvalue weighted by Crippen LogP contribution is 2.42. The summed E-state index contributed by atoms with van der Waals surface area (Å²) >= 11 is 0. The maximum atomic E-state index is 12.7. The maximum Gasteiger partial charge on any atom is 0.416 e. The average molecular weight is 336 g/mol. The standard InChI is InChI=1S/C17H15F3N2O2/c1-9-5-6-12(15(23)21-9)16(24)22-14-8-13(14)10-3-2-4-11(7-10)17(18,19)20/h2-7,13-14H,8H2,1H3,(H,21,23)(H,22,24)/t13-,14+/m0/s1. The first-order valence-corrected chi connectivity index (χ1v) is 7.43. The lowest BCUT2D eigenvalue weighted by atomic mass is 10.1. The van der Waals surface area contributed by atoms with Crippen LogP contribution in [0, 0.1) is 6.92 Å². The quantitative estimate of drug-likeness (QED) is 0.905. The normalized spacial score (nSPS) is 19.8. The second-order valence-electron chi connectivity index (χ2n) is 5.93. The maximum absolute atomic E-state index is 12.7. The number of halogens is 3. The molecule has 0 radical (unpaired) electrons. The number of rotatable bonds is 3. The van der Waals surface area contributed by atoms with E-state index in [1.54, 1.807) is 19.1 Å². The van der Waals surface area contributed by atoms with Crippen LogP contribution < -0.4 is 10.9 Å². The molecule has 2 aromatic rings. The van der Waals surface area contributed by atoms with E-state index in [9.17, 15) is 22.8 Å². The summed E-state index contributed by atoms with van der Waals surface area (Å²) in [6.07, 6.45) is -3.84. The minimum absolute atomic E-state index is 0.00436. The van der Waals surface area contributed by atoms with E-state index >= 15 is 0 Å². The Morgan fingerprint density at radius 2 is 2.00 bits per heavy atom. The number of alkyl halides is 3. The minimum Gasteiger partial charge on any atom is -0.348 e. The Morgan fingerprint density at radius 1 is 1.25 bits per heavy atom. The van der Waals surface area contributed by atoms with Crippen LogP contribution in [0.25, 0.3) is 0 Å². The fourth-order valence-electron chi connectivity index (χ4n) is 2.67. The van der Waals surface area contributed by atoms with Crippen molar-refractivity contribution >= 4 is 5.91 Å². The van der Waals surface area contributed by atoms with Crippen molar-refractivity contribution in [2.24, 2.45) is 0 Å². The summed E-state index contributed by atoms with van der Waals surface area (Å²) in [4.78, 5) is 26.4. The smallest absolute Gasteiger partial charge is 0.348 e. The molecular weight excluding hydrogens is 321 g/mol. The molecule has 7 heteroatoms. The van der Waals surface area contributed by atoms with Crippen LogP contribution >= 0.6 is 0 Å². The lowest BCUT2D eigenvalue weighted by Gasteiger charge is -2.09. The molecule has 0 spiro atoms. The molecule has 1 saturated carbocycles. The van der Waals surface area contributed by atoms with Gasteiger partial charge in [0.15, 0.2) is 0 Å². The number of carbonyl (C=O) groups is 1. The molecular formula is C17H15F3N2O2. The van der Waals surface area contributed by atoms with Gasteiger partial charge in [0.25, 0.3) is 11.5 Å². The van der Waals surface area contributed by atoms with Crippen LogP contribution in [0.1, 0.15) is 39.5 Å². The topological polar surface area (TPSA) is 62.0 Å². The number of amides is 1. The Balaban J connectivity index is 1.70. The van der Waals surface area contributed by atoms with E-state index in [0.717, 1.165) is 12.1 Å². The molecule has 0 unspecified atom stereocenters. The first kappa shape index (κ1) is 16.3. The van der Waals surface area contributed by atoms with Crippen molar-refractivity contribution in [1.29, 1.82) is 0 Å². The molecule has 1 fully saturated rings. The van der Waals surface area contributed by atoms with Gasteiger partial charge < -0.3 is 10.3 Å². The van der Waals surface area contributed by atoms with Gasteiger partial charge in [-0.1, -0.05) is 18.2 Å². The summed E-state index contributed by atoms with van der Waals surface area (Å²) in [6.45, 7) is 1.70. The molecule has 1 heterocycles. The lowest BCUT2D eigenvalue weighted by molar-refractivity contribution is -0.137. The summed E-state index contributed by atoms with van der Waals surface area (Å²) in [6, 6.07) is 7.89. The minimum atomic E-state index is -4.39. The summed E-state index contributed by atoms with van der Waals surface area (Å²) in [5.41, 5.74) is -0.0104. The Morgan fingerprint density at radius 3 is 2.67 bits per heavy atom. The van der Waals surface area contributed by atoms with E-state index in [4.69, 9.17) is 0 Å². The van der Waals surface area contributed by atoms with Gasteiger partial charge in [0.05, 0.1) is 5.56 Å². The molecule has 1 aliphatic carbocycles. The van der Waals surface area contributed by atoms with E-state index in [1.165, 1.54) is 12.1 Å². The van der Waals surface area contributed by atoms with Crippen molar-refractivity contribution in [3.05, 3.63) is 69.1 Å². The van der Waals surface area contributed by atoms with Gasteiger partial charge in [0.2, 0.25) is 0 Å². The molecule has 1 aromatic carbocycles. The molecule has 0 bridgehead atoms. The van der Waals surface area contributed by atoms with Crippen molar-refractivity contribution in [3.63, 3.8) is 0 Å². The fraction of sp³-hybridized carbons (Fsp3) is 0.294. The molecule has 1 aliphatic rings. The first-order chi connectivity index (χ1) is 11.3. The van der Waals surface area contributed by atoms with Crippen LogP contribution in [-0.4, -0.2) is 16.9 Å². The molecule has 24 heavy (non-hydrogen) atoms. The average Bonchev–Trinajstić information content (AvgIpc) is 3.25. The predicted molar refractivity (Wildman–Crippen MR) is 81.9 cm³/mol. The van der Waals surface area contributed by atoms with Crippen LogP contribution in [0.15, 0.2) is 41.2 Å². The van der Waals surface area contributed by atoms with Crippen LogP contribution in [0.4, 0.5) is 13.2 Å². The van der Waals surface area contributed by atoms with Gasteiger partial charge in [-0.05, 0) is 37.1 Å². The van der Waals surface area contributed by atoms with Crippen molar-refractivity contribution in [1.82, 2.24) is 10.3 Å². The Hall–Kier alpha value is -2.57. The summed E-state index contributed by atoms with van der Waals surface area (Å²) < 4.78 is 38.2. The summed E-state index contributed by atoms with van der Waals surface area (Å²) in [5.74, 6) is -0.684.